The van der Waals surface area contributed by atoms with Crippen molar-refractivity contribution in [3.8, 4) is 0 Å². The molecule has 0 unspecified atom stereocenters. The van der Waals surface area contributed by atoms with Crippen molar-refractivity contribution in [1.82, 2.24) is 9.97 Å². The minimum atomic E-state index is 0.101. The highest BCUT2D eigenvalue weighted by Gasteiger charge is 2.09. The number of benzene rings is 1. The average molecular weight is 290 g/mol. The van der Waals surface area contributed by atoms with Gasteiger partial charge in [-0.15, -0.1) is 0 Å². The molecule has 88 valence electrons. The Balaban J connectivity index is 2.27. The van der Waals surface area contributed by atoms with Gasteiger partial charge in [-0.25, -0.2) is 0 Å². The van der Waals surface area contributed by atoms with E-state index in [2.05, 4.69) is 15.3 Å². The van der Waals surface area contributed by atoms with Gasteiger partial charge < -0.3 is 11.1 Å². The van der Waals surface area contributed by atoms with Crippen molar-refractivity contribution >= 4 is 52.1 Å². The van der Waals surface area contributed by atoms with Gasteiger partial charge in [-0.05, 0) is 24.3 Å². The highest BCUT2D eigenvalue weighted by atomic mass is 35.5. The van der Waals surface area contributed by atoms with Gasteiger partial charge in [0.2, 0.25) is 5.95 Å². The van der Waals surface area contributed by atoms with Gasteiger partial charge in [0.15, 0.2) is 10.3 Å². The molecule has 0 radical (unpaired) electrons. The molecule has 0 fully saturated rings. The van der Waals surface area contributed by atoms with E-state index >= 15 is 0 Å². The van der Waals surface area contributed by atoms with Gasteiger partial charge in [-0.2, -0.15) is 9.97 Å². The Morgan fingerprint density at radius 3 is 2.00 bits per heavy atom. The first-order valence-electron chi connectivity index (χ1n) is 4.57. The van der Waals surface area contributed by atoms with Crippen LogP contribution in [0.1, 0.15) is 0 Å². The van der Waals surface area contributed by atoms with Crippen molar-refractivity contribution in [2.75, 3.05) is 11.1 Å². The Hall–Kier alpha value is -1.23. The summed E-state index contributed by atoms with van der Waals surface area (Å²) in [7, 11) is 0. The molecule has 0 aliphatic heterocycles. The zero-order valence-electron chi connectivity index (χ0n) is 8.42. The summed E-state index contributed by atoms with van der Waals surface area (Å²) in [4.78, 5) is 7.89. The van der Waals surface area contributed by atoms with E-state index in [1.807, 2.05) is 0 Å². The molecule has 1 aromatic carbocycles. The second kappa shape index (κ2) is 4.96. The number of rotatable bonds is 2. The third-order valence-corrected chi connectivity index (χ3v) is 3.04. The summed E-state index contributed by atoms with van der Waals surface area (Å²) in [5.41, 5.74) is 7.01. The molecule has 1 heterocycles. The molecule has 0 saturated carbocycles. The molecule has 2 rings (SSSR count). The van der Waals surface area contributed by atoms with E-state index < -0.39 is 0 Å². The number of hydrogen-bond acceptors (Lipinski definition) is 4. The van der Waals surface area contributed by atoms with Crippen LogP contribution in [0.4, 0.5) is 17.3 Å². The summed E-state index contributed by atoms with van der Waals surface area (Å²) in [6, 6.07) is 7.08. The number of nitrogens with zero attached hydrogens (tertiary/aromatic N) is 2. The lowest BCUT2D eigenvalue weighted by atomic mass is 10.3. The van der Waals surface area contributed by atoms with Gasteiger partial charge in [-0.3, -0.25) is 0 Å². The lowest BCUT2D eigenvalue weighted by molar-refractivity contribution is 1.17. The van der Waals surface area contributed by atoms with Crippen molar-refractivity contribution < 1.29 is 0 Å². The predicted octanol–water partition coefficient (Wildman–Crippen LogP) is 3.76. The fourth-order valence-corrected chi connectivity index (χ4v) is 1.62. The zero-order chi connectivity index (χ0) is 12.4. The monoisotopic (exact) mass is 288 g/mol. The first-order chi connectivity index (χ1) is 8.06. The fourth-order valence-electron chi connectivity index (χ4n) is 1.15. The predicted molar refractivity (Wildman–Crippen MR) is 71.2 cm³/mol. The van der Waals surface area contributed by atoms with Crippen LogP contribution in [-0.2, 0) is 0 Å². The molecule has 0 aliphatic carbocycles. The Labute approximate surface area is 113 Å². The molecule has 0 saturated heterocycles. The molecule has 2 aromatic rings. The molecular formula is C10H7Cl3N4. The van der Waals surface area contributed by atoms with Crippen LogP contribution in [0, 0.1) is 0 Å². The second-order valence-corrected chi connectivity index (χ2v) is 4.28. The highest BCUT2D eigenvalue weighted by molar-refractivity contribution is 6.46. The summed E-state index contributed by atoms with van der Waals surface area (Å²) in [5.74, 6) is 0.272. The van der Waals surface area contributed by atoms with E-state index in [0.717, 1.165) is 5.69 Å². The molecular weight excluding hydrogens is 282 g/mol. The van der Waals surface area contributed by atoms with Crippen LogP contribution in [-0.4, -0.2) is 9.97 Å². The Kier molecular flexibility index (Phi) is 3.57. The highest BCUT2D eigenvalue weighted by Crippen LogP contribution is 2.28. The lowest BCUT2D eigenvalue weighted by Gasteiger charge is -2.06. The largest absolute Gasteiger partial charge is 0.399 e. The van der Waals surface area contributed by atoms with Crippen molar-refractivity contribution in [3.63, 3.8) is 0 Å². The van der Waals surface area contributed by atoms with Crippen LogP contribution in [0.25, 0.3) is 0 Å². The summed E-state index contributed by atoms with van der Waals surface area (Å²) in [6.07, 6.45) is 0. The molecule has 0 bridgehead atoms. The van der Waals surface area contributed by atoms with Gasteiger partial charge in [0.05, 0.1) is 0 Å². The Bertz CT molecular complexity index is 519. The minimum absolute atomic E-state index is 0.101. The maximum atomic E-state index is 5.78. The van der Waals surface area contributed by atoms with Crippen molar-refractivity contribution in [2.24, 2.45) is 0 Å². The second-order valence-electron chi connectivity index (χ2n) is 3.19. The smallest absolute Gasteiger partial charge is 0.230 e. The van der Waals surface area contributed by atoms with Gasteiger partial charge in [0.25, 0.3) is 0 Å². The summed E-state index contributed by atoms with van der Waals surface area (Å²) in [6.45, 7) is 0. The number of nitrogens with one attached hydrogen (secondary N) is 1. The van der Waals surface area contributed by atoms with Crippen molar-refractivity contribution in [3.05, 3.63) is 39.6 Å². The maximum absolute atomic E-state index is 5.78. The molecule has 1 aromatic heterocycles. The number of anilines is 3. The van der Waals surface area contributed by atoms with Gasteiger partial charge >= 0.3 is 0 Å². The molecule has 0 aliphatic rings. The quantitative estimate of drug-likeness (QED) is 0.652. The third-order valence-electron chi connectivity index (χ3n) is 1.94. The van der Waals surface area contributed by atoms with E-state index in [4.69, 9.17) is 40.5 Å². The number of nitrogens with two attached hydrogens (primary N) is 1. The Morgan fingerprint density at radius 2 is 1.47 bits per heavy atom. The Morgan fingerprint density at radius 1 is 0.941 bits per heavy atom. The summed E-state index contributed by atoms with van der Waals surface area (Å²) < 4.78 is 0. The van der Waals surface area contributed by atoms with E-state index in [1.165, 1.54) is 0 Å². The summed E-state index contributed by atoms with van der Waals surface area (Å²) >= 11 is 17.3. The molecule has 0 atom stereocenters. The third kappa shape index (κ3) is 2.91. The van der Waals surface area contributed by atoms with E-state index in [-0.39, 0.29) is 21.3 Å². The van der Waals surface area contributed by atoms with Crippen LogP contribution in [0.3, 0.4) is 0 Å². The van der Waals surface area contributed by atoms with E-state index in [9.17, 15) is 0 Å². The topological polar surface area (TPSA) is 63.8 Å². The minimum Gasteiger partial charge on any atom is -0.399 e. The van der Waals surface area contributed by atoms with E-state index in [0.29, 0.717) is 5.69 Å². The van der Waals surface area contributed by atoms with Crippen molar-refractivity contribution in [2.45, 2.75) is 0 Å². The number of hydrogen-bond donors (Lipinski definition) is 2. The van der Waals surface area contributed by atoms with Crippen LogP contribution in [0.2, 0.25) is 15.3 Å². The average Bonchev–Trinajstić information content (AvgIpc) is 2.29. The maximum Gasteiger partial charge on any atom is 0.230 e. The van der Waals surface area contributed by atoms with Gasteiger partial charge in [0, 0.05) is 11.4 Å². The number of aromatic nitrogens is 2. The fraction of sp³-hybridized carbons (Fsp3) is 0. The molecule has 0 amide bonds. The normalized spacial score (nSPS) is 10.3. The van der Waals surface area contributed by atoms with Crippen LogP contribution >= 0.6 is 34.8 Å². The molecule has 0 spiro atoms. The molecule has 4 nitrogen and oxygen atoms in total. The van der Waals surface area contributed by atoms with Crippen LogP contribution in [0.5, 0.6) is 0 Å². The lowest BCUT2D eigenvalue weighted by Crippen LogP contribution is -1.98. The molecule has 17 heavy (non-hydrogen) atoms. The van der Waals surface area contributed by atoms with E-state index in [1.54, 1.807) is 24.3 Å². The molecule has 7 heteroatoms. The number of nitrogen functional groups attached to an aromatic ring is 1. The van der Waals surface area contributed by atoms with Crippen LogP contribution < -0.4 is 11.1 Å². The molecule has 3 N–H and O–H groups in total. The SMILES string of the molecule is Nc1ccc(Nc2nc(Cl)c(Cl)c(Cl)n2)cc1. The van der Waals surface area contributed by atoms with Crippen molar-refractivity contribution in [1.29, 1.82) is 0 Å². The van der Waals surface area contributed by atoms with Crippen LogP contribution in [0.15, 0.2) is 24.3 Å². The van der Waals surface area contributed by atoms with Gasteiger partial charge in [-0.1, -0.05) is 34.8 Å². The first-order valence-corrected chi connectivity index (χ1v) is 5.71. The zero-order valence-corrected chi connectivity index (χ0v) is 10.7. The first kappa shape index (κ1) is 12.2. The number of halogens is 3. The standard InChI is InChI=1S/C10H7Cl3N4/c11-7-8(12)16-10(17-9(7)13)15-6-3-1-5(14)2-4-6/h1-4H,14H2,(H,15,16,17). The van der Waals surface area contributed by atoms with Gasteiger partial charge in [0.1, 0.15) is 5.02 Å². The summed E-state index contributed by atoms with van der Waals surface area (Å²) in [5, 5.41) is 3.27.